The van der Waals surface area contributed by atoms with E-state index >= 15 is 0 Å². The number of likely N-dealkylation sites (N-methyl/N-ethyl adjacent to an activating group) is 1. The number of ether oxygens (including phenoxy) is 1. The Balaban J connectivity index is 1.22. The van der Waals surface area contributed by atoms with Crippen LogP contribution in [0.5, 0.6) is 0 Å². The normalized spacial score (nSPS) is 19.3. The Kier molecular flexibility index (Phi) is 10.3. The van der Waals surface area contributed by atoms with Crippen LogP contribution in [0.3, 0.4) is 0 Å². The highest BCUT2D eigenvalue weighted by molar-refractivity contribution is 5.87. The Labute approximate surface area is 250 Å². The van der Waals surface area contributed by atoms with E-state index in [2.05, 4.69) is 29.7 Å². The Morgan fingerprint density at radius 1 is 1.00 bits per heavy atom. The quantitative estimate of drug-likeness (QED) is 0.414. The van der Waals surface area contributed by atoms with E-state index in [-0.39, 0.29) is 23.2 Å². The summed E-state index contributed by atoms with van der Waals surface area (Å²) in [4.78, 5) is 44.6. The standard InChI is InChI=1S/C28H41F2N11O2/c1-37(2)7-3-4-22(42)39-8-5-20(6-9-39)19-38-10-12-40(13-11-38)27-34-25(21-18-32-26(31)33-23(21)24(29)30)35-28(36-27)41-14-16-43-17-15-41/h3-4,18,20,24H,5-17,19H2,1-2H3,(H2,31,32,33)/b4-3+. The Hall–Kier alpha value is -3.56. The highest BCUT2D eigenvalue weighted by atomic mass is 19.3. The van der Waals surface area contributed by atoms with Gasteiger partial charge >= 0.3 is 0 Å². The molecule has 2 aromatic rings. The summed E-state index contributed by atoms with van der Waals surface area (Å²) in [5, 5.41) is 0. The number of piperazine rings is 1. The van der Waals surface area contributed by atoms with Crippen molar-refractivity contribution in [3.63, 3.8) is 0 Å². The average Bonchev–Trinajstić information content (AvgIpc) is 3.01. The average molecular weight is 602 g/mol. The zero-order chi connectivity index (χ0) is 30.3. The molecule has 2 aromatic heterocycles. The van der Waals surface area contributed by atoms with E-state index in [1.165, 1.54) is 6.20 Å². The molecule has 13 nitrogen and oxygen atoms in total. The number of nitrogens with zero attached hydrogens (tertiary/aromatic N) is 10. The summed E-state index contributed by atoms with van der Waals surface area (Å²) >= 11 is 0. The molecular formula is C28H41F2N11O2. The van der Waals surface area contributed by atoms with Gasteiger partial charge in [0.1, 0.15) is 5.69 Å². The number of anilines is 3. The number of piperidine rings is 1. The van der Waals surface area contributed by atoms with Crippen molar-refractivity contribution in [2.45, 2.75) is 19.3 Å². The maximum atomic E-state index is 13.9. The van der Waals surface area contributed by atoms with Crippen LogP contribution >= 0.6 is 0 Å². The van der Waals surface area contributed by atoms with Crippen LogP contribution in [-0.4, -0.2) is 138 Å². The van der Waals surface area contributed by atoms with E-state index in [0.717, 1.165) is 52.1 Å². The van der Waals surface area contributed by atoms with Crippen LogP contribution in [0.1, 0.15) is 25.0 Å². The molecule has 0 atom stereocenters. The SMILES string of the molecule is CN(C)C/C=C/C(=O)N1CCC(CN2CCN(c3nc(-c4cnc(N)nc4C(F)F)nc(N4CCOCC4)n3)CC2)CC1. The molecule has 3 fully saturated rings. The summed E-state index contributed by atoms with van der Waals surface area (Å²) in [5.41, 5.74) is 5.14. The number of rotatable bonds is 9. The van der Waals surface area contributed by atoms with Gasteiger partial charge in [0, 0.05) is 77.7 Å². The lowest BCUT2D eigenvalue weighted by Crippen LogP contribution is -2.49. The van der Waals surface area contributed by atoms with Gasteiger partial charge in [-0.3, -0.25) is 9.69 Å². The number of nitrogen functional groups attached to an aromatic ring is 1. The van der Waals surface area contributed by atoms with E-state index in [9.17, 15) is 13.6 Å². The highest BCUT2D eigenvalue weighted by Gasteiger charge is 2.28. The summed E-state index contributed by atoms with van der Waals surface area (Å²) in [5.74, 6) is 1.36. The second kappa shape index (κ2) is 14.3. The fourth-order valence-electron chi connectivity index (χ4n) is 5.57. The number of alkyl halides is 2. The molecule has 5 rings (SSSR count). The smallest absolute Gasteiger partial charge is 0.281 e. The van der Waals surface area contributed by atoms with Crippen molar-refractivity contribution >= 4 is 23.8 Å². The molecule has 1 amide bonds. The van der Waals surface area contributed by atoms with Crippen LogP contribution < -0.4 is 15.5 Å². The minimum atomic E-state index is -2.86. The van der Waals surface area contributed by atoms with Gasteiger partial charge in [-0.2, -0.15) is 15.0 Å². The minimum Gasteiger partial charge on any atom is -0.378 e. The molecule has 0 saturated carbocycles. The summed E-state index contributed by atoms with van der Waals surface area (Å²) in [6.45, 7) is 8.58. The second-order valence-corrected chi connectivity index (χ2v) is 11.4. The minimum absolute atomic E-state index is 0.0407. The molecule has 3 aliphatic rings. The van der Waals surface area contributed by atoms with E-state index in [1.54, 1.807) is 6.08 Å². The van der Waals surface area contributed by atoms with Crippen LogP contribution in [0.25, 0.3) is 11.4 Å². The van der Waals surface area contributed by atoms with Gasteiger partial charge in [0.25, 0.3) is 6.43 Å². The first-order valence-electron chi connectivity index (χ1n) is 14.8. The topological polar surface area (TPSA) is 133 Å². The molecule has 234 valence electrons. The predicted octanol–water partition coefficient (Wildman–Crippen LogP) is 1.16. The maximum absolute atomic E-state index is 13.9. The zero-order valence-corrected chi connectivity index (χ0v) is 24.9. The molecule has 0 aromatic carbocycles. The first kappa shape index (κ1) is 30.9. The number of halogens is 2. The third-order valence-electron chi connectivity index (χ3n) is 8.02. The van der Waals surface area contributed by atoms with Crippen LogP contribution in [0, 0.1) is 5.92 Å². The van der Waals surface area contributed by atoms with Gasteiger partial charge in [0.05, 0.1) is 18.8 Å². The Morgan fingerprint density at radius 2 is 1.65 bits per heavy atom. The molecule has 15 heteroatoms. The largest absolute Gasteiger partial charge is 0.378 e. The van der Waals surface area contributed by atoms with Gasteiger partial charge < -0.3 is 30.1 Å². The highest BCUT2D eigenvalue weighted by Crippen LogP contribution is 2.30. The number of hydrogen-bond donors (Lipinski definition) is 1. The third kappa shape index (κ3) is 8.09. The van der Waals surface area contributed by atoms with Gasteiger partial charge in [-0.1, -0.05) is 6.08 Å². The fraction of sp³-hybridized carbons (Fsp3) is 0.643. The van der Waals surface area contributed by atoms with Crippen LogP contribution in [-0.2, 0) is 9.53 Å². The third-order valence-corrected chi connectivity index (χ3v) is 8.02. The first-order chi connectivity index (χ1) is 20.8. The summed E-state index contributed by atoms with van der Waals surface area (Å²) < 4.78 is 33.3. The molecule has 3 saturated heterocycles. The molecule has 0 radical (unpaired) electrons. The summed E-state index contributed by atoms with van der Waals surface area (Å²) in [7, 11) is 3.96. The molecule has 43 heavy (non-hydrogen) atoms. The Bertz CT molecular complexity index is 1260. The van der Waals surface area contributed by atoms with E-state index in [0.29, 0.717) is 57.2 Å². The van der Waals surface area contributed by atoms with Crippen molar-refractivity contribution in [2.75, 3.05) is 108 Å². The Morgan fingerprint density at radius 3 is 2.28 bits per heavy atom. The molecular weight excluding hydrogens is 560 g/mol. The number of nitrogens with two attached hydrogens (primary N) is 1. The summed E-state index contributed by atoms with van der Waals surface area (Å²) in [6, 6.07) is 0. The van der Waals surface area contributed by atoms with Gasteiger partial charge in [-0.05, 0) is 32.9 Å². The van der Waals surface area contributed by atoms with E-state index in [4.69, 9.17) is 15.5 Å². The summed E-state index contributed by atoms with van der Waals surface area (Å²) in [6.07, 6.45) is 3.97. The predicted molar refractivity (Wildman–Crippen MR) is 159 cm³/mol. The molecule has 2 N–H and O–H groups in total. The van der Waals surface area contributed by atoms with Gasteiger partial charge in [-0.25, -0.2) is 18.7 Å². The maximum Gasteiger partial charge on any atom is 0.281 e. The van der Waals surface area contributed by atoms with Crippen LogP contribution in [0.15, 0.2) is 18.3 Å². The number of carbonyl (C=O) groups is 1. The van der Waals surface area contributed by atoms with Crippen molar-refractivity contribution in [1.29, 1.82) is 0 Å². The van der Waals surface area contributed by atoms with Crippen molar-refractivity contribution in [2.24, 2.45) is 5.92 Å². The van der Waals surface area contributed by atoms with Gasteiger partial charge in [0.2, 0.25) is 23.8 Å². The number of aromatic nitrogens is 5. The second-order valence-electron chi connectivity index (χ2n) is 11.4. The van der Waals surface area contributed by atoms with Crippen molar-refractivity contribution in [3.8, 4) is 11.4 Å². The zero-order valence-electron chi connectivity index (χ0n) is 24.9. The lowest BCUT2D eigenvalue weighted by molar-refractivity contribution is -0.127. The molecule has 3 aliphatic heterocycles. The number of amides is 1. The fourth-order valence-corrected chi connectivity index (χ4v) is 5.57. The monoisotopic (exact) mass is 601 g/mol. The van der Waals surface area contributed by atoms with E-state index in [1.807, 2.05) is 34.9 Å². The number of hydrogen-bond acceptors (Lipinski definition) is 12. The molecule has 0 unspecified atom stereocenters. The van der Waals surface area contributed by atoms with Gasteiger partial charge in [-0.15, -0.1) is 0 Å². The van der Waals surface area contributed by atoms with Crippen LogP contribution in [0.4, 0.5) is 26.6 Å². The van der Waals surface area contributed by atoms with Crippen LogP contribution in [0.2, 0.25) is 0 Å². The molecule has 5 heterocycles. The lowest BCUT2D eigenvalue weighted by Gasteiger charge is -2.39. The molecule has 0 spiro atoms. The van der Waals surface area contributed by atoms with Crippen molar-refractivity contribution < 1.29 is 18.3 Å². The first-order valence-corrected chi connectivity index (χ1v) is 14.8. The molecule has 0 aliphatic carbocycles. The van der Waals surface area contributed by atoms with E-state index < -0.39 is 12.1 Å². The van der Waals surface area contributed by atoms with Crippen molar-refractivity contribution in [3.05, 3.63) is 24.0 Å². The molecule has 0 bridgehead atoms. The van der Waals surface area contributed by atoms with Gasteiger partial charge in [0.15, 0.2) is 5.82 Å². The number of likely N-dealkylation sites (tertiary alicyclic amines) is 1. The number of morpholine rings is 1. The van der Waals surface area contributed by atoms with Crippen molar-refractivity contribution in [1.82, 2.24) is 39.6 Å². The lowest BCUT2D eigenvalue weighted by atomic mass is 9.96. The number of carbonyl (C=O) groups excluding carboxylic acids is 1.